The molecule has 25 heavy (non-hydrogen) atoms. The minimum atomic E-state index is 0.637. The summed E-state index contributed by atoms with van der Waals surface area (Å²) in [5, 5.41) is 3.40. The molecule has 4 rings (SSSR count). The van der Waals surface area contributed by atoms with E-state index in [9.17, 15) is 0 Å². The van der Waals surface area contributed by atoms with Crippen molar-refractivity contribution in [3.8, 4) is 0 Å². The molecule has 2 aromatic rings. The number of aromatic nitrogens is 2. The van der Waals surface area contributed by atoms with Gasteiger partial charge in [0, 0.05) is 25.3 Å². The van der Waals surface area contributed by atoms with E-state index in [4.69, 9.17) is 5.73 Å². The summed E-state index contributed by atoms with van der Waals surface area (Å²) in [7, 11) is 0. The lowest BCUT2D eigenvalue weighted by molar-refractivity contribution is 0.237. The van der Waals surface area contributed by atoms with Gasteiger partial charge in [0.15, 0.2) is 11.6 Å². The predicted octanol–water partition coefficient (Wildman–Crippen LogP) is 2.65. The van der Waals surface area contributed by atoms with E-state index in [2.05, 4.69) is 49.4 Å². The van der Waals surface area contributed by atoms with Gasteiger partial charge in [-0.25, -0.2) is 9.97 Å². The number of nitrogen functional groups attached to an aromatic ring is 1. The topological polar surface area (TPSA) is 70.3 Å². The van der Waals surface area contributed by atoms with E-state index in [-0.39, 0.29) is 0 Å². The van der Waals surface area contributed by atoms with Gasteiger partial charge >= 0.3 is 0 Å². The normalized spacial score (nSPS) is 17.5. The lowest BCUT2D eigenvalue weighted by Gasteiger charge is -2.26. The molecule has 0 radical (unpaired) electrons. The highest BCUT2D eigenvalue weighted by Crippen LogP contribution is 2.37. The van der Waals surface area contributed by atoms with Gasteiger partial charge in [0.05, 0.1) is 0 Å². The molecule has 1 aromatic heterocycles. The van der Waals surface area contributed by atoms with E-state index in [1.807, 2.05) is 0 Å². The lowest BCUT2D eigenvalue weighted by atomic mass is 10.1. The average molecular weight is 338 g/mol. The second kappa shape index (κ2) is 7.27. The van der Waals surface area contributed by atoms with Gasteiger partial charge in [-0.15, -0.1) is 0 Å². The first kappa shape index (κ1) is 16.1. The molecule has 1 fully saturated rings. The van der Waals surface area contributed by atoms with Crippen LogP contribution in [-0.4, -0.2) is 47.6 Å². The summed E-state index contributed by atoms with van der Waals surface area (Å²) < 4.78 is 0. The zero-order valence-electron chi connectivity index (χ0n) is 14.6. The minimum absolute atomic E-state index is 0.637. The summed E-state index contributed by atoms with van der Waals surface area (Å²) in [6, 6.07) is 8.45. The molecule has 0 amide bonds. The smallest absolute Gasteiger partial charge is 0.161 e. The highest BCUT2D eigenvalue weighted by molar-refractivity contribution is 5.81. The van der Waals surface area contributed by atoms with Crippen molar-refractivity contribution in [2.24, 2.45) is 0 Å². The largest absolute Gasteiger partial charge is 0.393 e. The van der Waals surface area contributed by atoms with Gasteiger partial charge in [-0.1, -0.05) is 24.6 Å². The Morgan fingerprint density at radius 3 is 2.76 bits per heavy atom. The Morgan fingerprint density at radius 1 is 1.04 bits per heavy atom. The third-order valence-electron chi connectivity index (χ3n) is 5.17. The zero-order chi connectivity index (χ0) is 17.1. The molecule has 3 heterocycles. The van der Waals surface area contributed by atoms with Crippen LogP contribution in [0.2, 0.25) is 0 Å². The second-order valence-corrected chi connectivity index (χ2v) is 6.82. The highest BCUT2D eigenvalue weighted by atomic mass is 15.2. The molecule has 2 aliphatic heterocycles. The standard InChI is InChI=1S/C19H26N6/c20-17-18(21-9-13-24-10-4-1-5-11-24)22-14-23-19(17)25-12-8-15-6-2-3-7-16(15)25/h2-3,6-7,14H,1,4-5,8-13,20H2,(H,21,22,23). The Balaban J connectivity index is 1.45. The van der Waals surface area contributed by atoms with Crippen LogP contribution in [-0.2, 0) is 6.42 Å². The molecule has 6 heteroatoms. The van der Waals surface area contributed by atoms with Crippen LogP contribution < -0.4 is 16.0 Å². The van der Waals surface area contributed by atoms with Crippen LogP contribution in [0.25, 0.3) is 0 Å². The molecule has 132 valence electrons. The average Bonchev–Trinajstić information content (AvgIpc) is 3.08. The first-order chi connectivity index (χ1) is 12.3. The minimum Gasteiger partial charge on any atom is -0.393 e. The van der Waals surface area contributed by atoms with Gasteiger partial charge < -0.3 is 20.9 Å². The van der Waals surface area contributed by atoms with Gasteiger partial charge in [-0.3, -0.25) is 0 Å². The molecular formula is C19H26N6. The molecule has 1 saturated heterocycles. The molecule has 0 saturated carbocycles. The fourth-order valence-electron chi connectivity index (χ4n) is 3.82. The van der Waals surface area contributed by atoms with E-state index >= 15 is 0 Å². The number of para-hydroxylation sites is 1. The number of nitrogens with one attached hydrogen (secondary N) is 1. The van der Waals surface area contributed by atoms with Gasteiger partial charge in [0.25, 0.3) is 0 Å². The second-order valence-electron chi connectivity index (χ2n) is 6.82. The quantitative estimate of drug-likeness (QED) is 0.873. The fourth-order valence-corrected chi connectivity index (χ4v) is 3.82. The number of likely N-dealkylation sites (tertiary alicyclic amines) is 1. The number of benzene rings is 1. The summed E-state index contributed by atoms with van der Waals surface area (Å²) in [5.74, 6) is 1.55. The predicted molar refractivity (Wildman–Crippen MR) is 102 cm³/mol. The first-order valence-corrected chi connectivity index (χ1v) is 9.25. The molecule has 6 nitrogen and oxygen atoms in total. The summed E-state index contributed by atoms with van der Waals surface area (Å²) in [6.07, 6.45) is 6.62. The first-order valence-electron chi connectivity index (χ1n) is 9.25. The van der Waals surface area contributed by atoms with Crippen LogP contribution in [0.15, 0.2) is 30.6 Å². The van der Waals surface area contributed by atoms with Crippen molar-refractivity contribution in [3.63, 3.8) is 0 Å². The molecule has 0 atom stereocenters. The van der Waals surface area contributed by atoms with Crippen molar-refractivity contribution in [1.82, 2.24) is 14.9 Å². The van der Waals surface area contributed by atoms with Gasteiger partial charge in [-0.2, -0.15) is 0 Å². The Bertz CT molecular complexity index is 726. The van der Waals surface area contributed by atoms with Crippen LogP contribution >= 0.6 is 0 Å². The number of nitrogens with zero attached hydrogens (tertiary/aromatic N) is 4. The number of nitrogens with two attached hydrogens (primary N) is 1. The van der Waals surface area contributed by atoms with Crippen LogP contribution in [0, 0.1) is 0 Å². The third-order valence-corrected chi connectivity index (χ3v) is 5.17. The van der Waals surface area contributed by atoms with E-state index in [1.54, 1.807) is 6.33 Å². The monoisotopic (exact) mass is 338 g/mol. The van der Waals surface area contributed by atoms with Gasteiger partial charge in [0.1, 0.15) is 12.0 Å². The molecule has 2 aliphatic rings. The van der Waals surface area contributed by atoms with Crippen LogP contribution in [0.5, 0.6) is 0 Å². The maximum Gasteiger partial charge on any atom is 0.161 e. The third kappa shape index (κ3) is 3.39. The number of hydrogen-bond donors (Lipinski definition) is 2. The molecule has 1 aromatic carbocycles. The van der Waals surface area contributed by atoms with Gasteiger partial charge in [0.2, 0.25) is 0 Å². The molecule has 3 N–H and O–H groups in total. The number of hydrogen-bond acceptors (Lipinski definition) is 6. The summed E-state index contributed by atoms with van der Waals surface area (Å²) in [4.78, 5) is 13.5. The van der Waals surface area contributed by atoms with Crippen molar-refractivity contribution >= 4 is 23.0 Å². The van der Waals surface area contributed by atoms with Crippen molar-refractivity contribution in [3.05, 3.63) is 36.2 Å². The number of piperidine rings is 1. The maximum absolute atomic E-state index is 6.40. The van der Waals surface area contributed by atoms with Crippen LogP contribution in [0.3, 0.4) is 0 Å². The summed E-state index contributed by atoms with van der Waals surface area (Å²) >= 11 is 0. The van der Waals surface area contributed by atoms with Crippen molar-refractivity contribution in [1.29, 1.82) is 0 Å². The molecule has 0 bridgehead atoms. The van der Waals surface area contributed by atoms with Crippen molar-refractivity contribution < 1.29 is 0 Å². The summed E-state index contributed by atoms with van der Waals surface area (Å²) in [5.41, 5.74) is 9.58. The Kier molecular flexibility index (Phi) is 4.70. The summed E-state index contributed by atoms with van der Waals surface area (Å²) in [6.45, 7) is 5.21. The van der Waals surface area contributed by atoms with Crippen LogP contribution in [0.1, 0.15) is 24.8 Å². The maximum atomic E-state index is 6.40. The number of anilines is 4. The van der Waals surface area contributed by atoms with Crippen molar-refractivity contribution in [2.75, 3.05) is 48.7 Å². The molecule has 0 aliphatic carbocycles. The van der Waals surface area contributed by atoms with E-state index < -0.39 is 0 Å². The van der Waals surface area contributed by atoms with Gasteiger partial charge in [-0.05, 0) is 44.0 Å². The Hall–Kier alpha value is -2.34. The lowest BCUT2D eigenvalue weighted by Crippen LogP contribution is -2.34. The Morgan fingerprint density at radius 2 is 1.88 bits per heavy atom. The van der Waals surface area contributed by atoms with Crippen molar-refractivity contribution in [2.45, 2.75) is 25.7 Å². The highest BCUT2D eigenvalue weighted by Gasteiger charge is 2.23. The van der Waals surface area contributed by atoms with E-state index in [1.165, 1.54) is 43.6 Å². The molecule has 0 unspecified atom stereocenters. The molecule has 0 spiro atoms. The Labute approximate surface area is 149 Å². The van der Waals surface area contributed by atoms with E-state index in [0.29, 0.717) is 5.69 Å². The molecular weight excluding hydrogens is 312 g/mol. The fraction of sp³-hybridized carbons (Fsp3) is 0.474. The van der Waals surface area contributed by atoms with E-state index in [0.717, 1.165) is 37.7 Å². The van der Waals surface area contributed by atoms with Crippen LogP contribution in [0.4, 0.5) is 23.0 Å². The number of fused-ring (bicyclic) bond motifs is 1. The zero-order valence-corrected chi connectivity index (χ0v) is 14.6. The SMILES string of the molecule is Nc1c(NCCN2CCCCC2)ncnc1N1CCc2ccccc21. The number of rotatable bonds is 5.